The lowest BCUT2D eigenvalue weighted by Crippen LogP contribution is -2.38. The van der Waals surface area contributed by atoms with Gasteiger partial charge in [-0.1, -0.05) is 37.3 Å². The molecule has 0 saturated carbocycles. The van der Waals surface area contributed by atoms with Crippen LogP contribution in [-0.2, 0) is 15.8 Å². The molecule has 6 heteroatoms. The van der Waals surface area contributed by atoms with E-state index in [0.717, 1.165) is 18.4 Å². The molecule has 4 nitrogen and oxygen atoms in total. The summed E-state index contributed by atoms with van der Waals surface area (Å²) >= 11 is 4.92. The van der Waals surface area contributed by atoms with E-state index >= 15 is 0 Å². The highest BCUT2D eigenvalue weighted by atomic mass is 32.2. The molecule has 1 aliphatic rings. The fourth-order valence-corrected chi connectivity index (χ4v) is 4.06. The molecule has 2 rings (SSSR count). The van der Waals surface area contributed by atoms with Gasteiger partial charge in [-0.05, 0) is 30.4 Å². The molecular formula is C14H20N2O2S2. The molecule has 20 heavy (non-hydrogen) atoms. The summed E-state index contributed by atoms with van der Waals surface area (Å²) in [5, 5.41) is 0. The van der Waals surface area contributed by atoms with E-state index in [1.807, 2.05) is 0 Å². The first-order chi connectivity index (χ1) is 9.38. The normalized spacial score (nSPS) is 18.1. The van der Waals surface area contributed by atoms with Gasteiger partial charge in [-0.3, -0.25) is 0 Å². The maximum absolute atomic E-state index is 12.4. The average molecular weight is 312 g/mol. The van der Waals surface area contributed by atoms with Crippen molar-refractivity contribution in [2.75, 3.05) is 13.1 Å². The molecule has 1 aromatic carbocycles. The number of sulfonamides is 1. The number of nitrogens with zero attached hydrogens (tertiary/aromatic N) is 1. The van der Waals surface area contributed by atoms with Crippen LogP contribution in [0.1, 0.15) is 30.9 Å². The SMILES string of the molecule is CC1CCN(S(=O)(=O)Cc2cccc(C(N)=S)c2)CC1. The minimum Gasteiger partial charge on any atom is -0.389 e. The first kappa shape index (κ1) is 15.4. The Morgan fingerprint density at radius 2 is 2.05 bits per heavy atom. The van der Waals surface area contributed by atoms with E-state index in [0.29, 0.717) is 24.6 Å². The largest absolute Gasteiger partial charge is 0.389 e. The molecule has 1 fully saturated rings. The topological polar surface area (TPSA) is 63.4 Å². The lowest BCUT2D eigenvalue weighted by atomic mass is 10.0. The number of thiocarbonyl (C=S) groups is 1. The Labute approximate surface area is 126 Å². The van der Waals surface area contributed by atoms with E-state index in [-0.39, 0.29) is 10.7 Å². The van der Waals surface area contributed by atoms with Crippen molar-refractivity contribution in [3.63, 3.8) is 0 Å². The van der Waals surface area contributed by atoms with Crippen LogP contribution in [0.5, 0.6) is 0 Å². The summed E-state index contributed by atoms with van der Waals surface area (Å²) in [4.78, 5) is 0.288. The first-order valence-corrected chi connectivity index (χ1v) is 8.77. The molecule has 0 spiro atoms. The average Bonchev–Trinajstić information content (AvgIpc) is 2.39. The minimum atomic E-state index is -3.25. The van der Waals surface area contributed by atoms with E-state index < -0.39 is 10.0 Å². The number of nitrogens with two attached hydrogens (primary N) is 1. The lowest BCUT2D eigenvalue weighted by molar-refractivity contribution is 0.287. The standard InChI is InChI=1S/C14H20N2O2S2/c1-11-5-7-16(8-6-11)20(17,18)10-12-3-2-4-13(9-12)14(15)19/h2-4,9,11H,5-8,10H2,1H3,(H2,15,19). The molecule has 1 aliphatic heterocycles. The fraction of sp³-hybridized carbons (Fsp3) is 0.500. The van der Waals surface area contributed by atoms with E-state index in [4.69, 9.17) is 18.0 Å². The zero-order valence-electron chi connectivity index (χ0n) is 11.6. The predicted molar refractivity (Wildman–Crippen MR) is 84.9 cm³/mol. The Kier molecular flexibility index (Phi) is 4.78. The van der Waals surface area contributed by atoms with Crippen LogP contribution in [-0.4, -0.2) is 30.8 Å². The quantitative estimate of drug-likeness (QED) is 0.862. The molecule has 1 aromatic rings. The zero-order chi connectivity index (χ0) is 14.8. The van der Waals surface area contributed by atoms with Crippen LogP contribution < -0.4 is 5.73 Å². The predicted octanol–water partition coefficient (Wildman–Crippen LogP) is 1.88. The van der Waals surface area contributed by atoms with Crippen LogP contribution in [0.3, 0.4) is 0 Å². The number of hydrogen-bond acceptors (Lipinski definition) is 3. The monoisotopic (exact) mass is 312 g/mol. The van der Waals surface area contributed by atoms with Crippen LogP contribution >= 0.6 is 12.2 Å². The Balaban J connectivity index is 2.12. The van der Waals surface area contributed by atoms with E-state index in [1.165, 1.54) is 0 Å². The maximum atomic E-state index is 12.4. The highest BCUT2D eigenvalue weighted by Gasteiger charge is 2.26. The third-order valence-electron chi connectivity index (χ3n) is 3.70. The molecule has 0 bridgehead atoms. The first-order valence-electron chi connectivity index (χ1n) is 6.75. The van der Waals surface area contributed by atoms with Gasteiger partial charge in [-0.25, -0.2) is 12.7 Å². The van der Waals surface area contributed by atoms with E-state index in [1.54, 1.807) is 28.6 Å². The Hall–Kier alpha value is -0.980. The summed E-state index contributed by atoms with van der Waals surface area (Å²) in [6.07, 6.45) is 1.87. The van der Waals surface area contributed by atoms with E-state index in [9.17, 15) is 8.42 Å². The molecule has 110 valence electrons. The second kappa shape index (κ2) is 6.20. The van der Waals surface area contributed by atoms with Crippen molar-refractivity contribution in [1.82, 2.24) is 4.31 Å². The molecule has 0 aromatic heterocycles. The molecule has 0 unspecified atom stereocenters. The zero-order valence-corrected chi connectivity index (χ0v) is 13.2. The third-order valence-corrected chi connectivity index (χ3v) is 5.78. The van der Waals surface area contributed by atoms with Crippen molar-refractivity contribution in [1.29, 1.82) is 0 Å². The van der Waals surface area contributed by atoms with Gasteiger partial charge in [0.15, 0.2) is 0 Å². The summed E-state index contributed by atoms with van der Waals surface area (Å²) in [5.41, 5.74) is 7.01. The fourth-order valence-electron chi connectivity index (χ4n) is 2.38. The van der Waals surface area contributed by atoms with Gasteiger partial charge in [0.1, 0.15) is 4.99 Å². The molecule has 0 atom stereocenters. The van der Waals surface area contributed by atoms with Crippen molar-refractivity contribution < 1.29 is 8.42 Å². The molecule has 2 N–H and O–H groups in total. The van der Waals surface area contributed by atoms with Crippen molar-refractivity contribution in [2.24, 2.45) is 11.7 Å². The van der Waals surface area contributed by atoms with Crippen molar-refractivity contribution in [2.45, 2.75) is 25.5 Å². The van der Waals surface area contributed by atoms with Gasteiger partial charge in [0.2, 0.25) is 10.0 Å². The Morgan fingerprint density at radius 1 is 1.40 bits per heavy atom. The van der Waals surface area contributed by atoms with Gasteiger partial charge in [0.05, 0.1) is 5.75 Å². The summed E-state index contributed by atoms with van der Waals surface area (Å²) in [6, 6.07) is 7.14. The number of piperidine rings is 1. The Morgan fingerprint density at radius 3 is 2.65 bits per heavy atom. The number of benzene rings is 1. The second-order valence-corrected chi connectivity index (χ2v) is 7.81. The van der Waals surface area contributed by atoms with Crippen LogP contribution in [0.25, 0.3) is 0 Å². The van der Waals surface area contributed by atoms with E-state index in [2.05, 4.69) is 6.92 Å². The minimum absolute atomic E-state index is 0.0117. The highest BCUT2D eigenvalue weighted by molar-refractivity contribution is 7.88. The smallest absolute Gasteiger partial charge is 0.218 e. The molecule has 1 heterocycles. The third kappa shape index (κ3) is 3.77. The lowest BCUT2D eigenvalue weighted by Gasteiger charge is -2.29. The molecule has 0 radical (unpaired) electrons. The molecule has 0 amide bonds. The number of hydrogen-bond donors (Lipinski definition) is 1. The van der Waals surface area contributed by atoms with Gasteiger partial charge in [-0.2, -0.15) is 0 Å². The van der Waals surface area contributed by atoms with Crippen LogP contribution in [0.15, 0.2) is 24.3 Å². The highest BCUT2D eigenvalue weighted by Crippen LogP contribution is 2.21. The van der Waals surface area contributed by atoms with Crippen molar-refractivity contribution >= 4 is 27.2 Å². The number of rotatable bonds is 4. The van der Waals surface area contributed by atoms with Crippen molar-refractivity contribution in [3.05, 3.63) is 35.4 Å². The van der Waals surface area contributed by atoms with Crippen LogP contribution in [0, 0.1) is 5.92 Å². The molecular weight excluding hydrogens is 292 g/mol. The maximum Gasteiger partial charge on any atom is 0.218 e. The summed E-state index contributed by atoms with van der Waals surface area (Å²) in [6.45, 7) is 3.41. The van der Waals surface area contributed by atoms with Crippen LogP contribution in [0.4, 0.5) is 0 Å². The van der Waals surface area contributed by atoms with Crippen LogP contribution in [0.2, 0.25) is 0 Å². The summed E-state index contributed by atoms with van der Waals surface area (Å²) in [5.74, 6) is 0.622. The summed E-state index contributed by atoms with van der Waals surface area (Å²) < 4.78 is 26.4. The second-order valence-electron chi connectivity index (χ2n) is 5.40. The van der Waals surface area contributed by atoms with Gasteiger partial charge < -0.3 is 5.73 Å². The van der Waals surface area contributed by atoms with Gasteiger partial charge >= 0.3 is 0 Å². The van der Waals surface area contributed by atoms with Crippen molar-refractivity contribution in [3.8, 4) is 0 Å². The summed E-state index contributed by atoms with van der Waals surface area (Å²) in [7, 11) is -3.25. The van der Waals surface area contributed by atoms with Gasteiger partial charge in [-0.15, -0.1) is 0 Å². The molecule has 0 aliphatic carbocycles. The van der Waals surface area contributed by atoms with Gasteiger partial charge in [0.25, 0.3) is 0 Å². The Bertz CT molecular complexity index is 591. The van der Waals surface area contributed by atoms with Gasteiger partial charge in [0, 0.05) is 18.7 Å². The molecule has 1 saturated heterocycles.